The van der Waals surface area contributed by atoms with Crippen molar-refractivity contribution in [3.05, 3.63) is 41.2 Å². The Morgan fingerprint density at radius 2 is 1.89 bits per heavy atom. The summed E-state index contributed by atoms with van der Waals surface area (Å²) in [5.41, 5.74) is 0.919. The molecule has 150 valence electrons. The third-order valence-corrected chi connectivity index (χ3v) is 5.44. The summed E-state index contributed by atoms with van der Waals surface area (Å²) >= 11 is 1.27. The molecule has 1 aromatic heterocycles. The van der Waals surface area contributed by atoms with E-state index in [0.717, 1.165) is 19.6 Å². The second-order valence-electron chi connectivity index (χ2n) is 6.62. The number of carbonyl (C=O) groups is 2. The Kier molecular flexibility index (Phi) is 6.58. The van der Waals surface area contributed by atoms with E-state index < -0.39 is 11.9 Å². The first-order valence-electron chi connectivity index (χ1n) is 9.26. The monoisotopic (exact) mass is 405 g/mol. The van der Waals surface area contributed by atoms with Crippen LogP contribution in [-0.4, -0.2) is 65.4 Å². The van der Waals surface area contributed by atoms with Gasteiger partial charge in [-0.15, -0.1) is 11.3 Å². The first-order valence-corrected chi connectivity index (χ1v) is 10.1. The number of benzene rings is 1. The van der Waals surface area contributed by atoms with E-state index in [0.29, 0.717) is 23.9 Å². The Bertz CT molecular complexity index is 818. The minimum Gasteiger partial charge on any atom is -0.339 e. The predicted molar refractivity (Wildman–Crippen MR) is 107 cm³/mol. The zero-order chi connectivity index (χ0) is 20.1. The lowest BCUT2D eigenvalue weighted by atomic mass is 10.2. The van der Waals surface area contributed by atoms with Crippen molar-refractivity contribution >= 4 is 34.0 Å². The van der Waals surface area contributed by atoms with E-state index in [1.54, 1.807) is 29.3 Å². The highest BCUT2D eigenvalue weighted by molar-refractivity contribution is 7.14. The molecule has 0 aliphatic carbocycles. The van der Waals surface area contributed by atoms with Crippen LogP contribution in [0.1, 0.15) is 24.3 Å². The fourth-order valence-corrected chi connectivity index (χ4v) is 3.69. The van der Waals surface area contributed by atoms with Crippen LogP contribution in [0.2, 0.25) is 0 Å². The molecule has 0 saturated carbocycles. The lowest BCUT2D eigenvalue weighted by Crippen LogP contribution is -2.54. The molecule has 0 spiro atoms. The Balaban J connectivity index is 1.53. The molecule has 1 fully saturated rings. The van der Waals surface area contributed by atoms with Gasteiger partial charge in [0.25, 0.3) is 5.91 Å². The molecule has 7 nitrogen and oxygen atoms in total. The van der Waals surface area contributed by atoms with Gasteiger partial charge in [0, 0.05) is 37.2 Å². The molecule has 3 rings (SSSR count). The number of halogens is 1. The molecule has 28 heavy (non-hydrogen) atoms. The van der Waals surface area contributed by atoms with Crippen LogP contribution < -0.4 is 10.6 Å². The predicted octanol–water partition coefficient (Wildman–Crippen LogP) is 2.31. The zero-order valence-electron chi connectivity index (χ0n) is 15.9. The number of anilines is 2. The maximum Gasteiger partial charge on any atom is 0.271 e. The van der Waals surface area contributed by atoms with Gasteiger partial charge in [-0.2, -0.15) is 0 Å². The summed E-state index contributed by atoms with van der Waals surface area (Å²) in [6.07, 6.45) is 0. The Labute approximate surface area is 167 Å². The van der Waals surface area contributed by atoms with Crippen LogP contribution in [0.25, 0.3) is 0 Å². The third kappa shape index (κ3) is 5.05. The number of hydrogen-bond donors (Lipinski definition) is 2. The van der Waals surface area contributed by atoms with Gasteiger partial charge in [-0.25, -0.2) is 9.37 Å². The standard InChI is InChI=1S/C19H24FN5O2S/c1-3-24-8-10-25(11-9-24)18(27)13(2)21-17(26)16-12-28-19(23-16)22-15-6-4-14(20)5-7-15/h4-7,12-13H,3,8-11H2,1-2H3,(H,21,26)(H,22,23). The first kappa shape index (κ1) is 20.2. The van der Waals surface area contributed by atoms with Gasteiger partial charge in [0.2, 0.25) is 5.91 Å². The average molecular weight is 405 g/mol. The third-order valence-electron chi connectivity index (χ3n) is 4.68. The summed E-state index contributed by atoms with van der Waals surface area (Å²) in [7, 11) is 0. The normalized spacial score (nSPS) is 15.9. The smallest absolute Gasteiger partial charge is 0.271 e. The second-order valence-corrected chi connectivity index (χ2v) is 7.48. The van der Waals surface area contributed by atoms with E-state index in [1.165, 1.54) is 23.5 Å². The summed E-state index contributed by atoms with van der Waals surface area (Å²) in [6.45, 7) is 7.84. The Morgan fingerprint density at radius 3 is 2.54 bits per heavy atom. The lowest BCUT2D eigenvalue weighted by Gasteiger charge is -2.35. The van der Waals surface area contributed by atoms with Crippen molar-refractivity contribution in [1.82, 2.24) is 20.1 Å². The summed E-state index contributed by atoms with van der Waals surface area (Å²) in [6, 6.07) is 5.26. The molecule has 1 atom stereocenters. The molecule has 1 aromatic carbocycles. The van der Waals surface area contributed by atoms with E-state index in [-0.39, 0.29) is 17.4 Å². The number of nitrogens with zero attached hydrogens (tertiary/aromatic N) is 3. The number of hydrogen-bond acceptors (Lipinski definition) is 6. The SMILES string of the molecule is CCN1CCN(C(=O)C(C)NC(=O)c2csc(Nc3ccc(F)cc3)n2)CC1. The molecular weight excluding hydrogens is 381 g/mol. The number of amides is 2. The summed E-state index contributed by atoms with van der Waals surface area (Å²) in [5.74, 6) is -0.792. The molecule has 1 aliphatic rings. The Hall–Kier alpha value is -2.52. The highest BCUT2D eigenvalue weighted by Gasteiger charge is 2.26. The van der Waals surface area contributed by atoms with Gasteiger partial charge in [0.05, 0.1) is 0 Å². The number of nitrogens with one attached hydrogen (secondary N) is 2. The lowest BCUT2D eigenvalue weighted by molar-refractivity contribution is -0.134. The number of thiazole rings is 1. The number of piperazine rings is 1. The summed E-state index contributed by atoms with van der Waals surface area (Å²) in [5, 5.41) is 7.89. The zero-order valence-corrected chi connectivity index (χ0v) is 16.8. The van der Waals surface area contributed by atoms with E-state index in [4.69, 9.17) is 0 Å². The maximum atomic E-state index is 13.0. The minimum atomic E-state index is -0.615. The number of carbonyl (C=O) groups excluding carboxylic acids is 2. The van der Waals surface area contributed by atoms with Crippen LogP contribution in [0.5, 0.6) is 0 Å². The van der Waals surface area contributed by atoms with Gasteiger partial charge in [0.1, 0.15) is 17.6 Å². The molecule has 2 aromatic rings. The highest BCUT2D eigenvalue weighted by Crippen LogP contribution is 2.21. The van der Waals surface area contributed by atoms with E-state index in [9.17, 15) is 14.0 Å². The maximum absolute atomic E-state index is 13.0. The molecule has 9 heteroatoms. The second kappa shape index (κ2) is 9.11. The van der Waals surface area contributed by atoms with Gasteiger partial charge in [0.15, 0.2) is 5.13 Å². The highest BCUT2D eigenvalue weighted by atomic mass is 32.1. The average Bonchev–Trinajstić information content (AvgIpc) is 3.18. The van der Waals surface area contributed by atoms with Crippen molar-refractivity contribution in [3.63, 3.8) is 0 Å². The van der Waals surface area contributed by atoms with Crippen LogP contribution in [0.3, 0.4) is 0 Å². The number of likely N-dealkylation sites (N-methyl/N-ethyl adjacent to an activating group) is 1. The summed E-state index contributed by atoms with van der Waals surface area (Å²) in [4.78, 5) is 33.3. The van der Waals surface area contributed by atoms with E-state index >= 15 is 0 Å². The quantitative estimate of drug-likeness (QED) is 0.771. The van der Waals surface area contributed by atoms with Crippen molar-refractivity contribution in [2.45, 2.75) is 19.9 Å². The van der Waals surface area contributed by atoms with Crippen molar-refractivity contribution in [1.29, 1.82) is 0 Å². The van der Waals surface area contributed by atoms with Crippen LogP contribution >= 0.6 is 11.3 Å². The fourth-order valence-electron chi connectivity index (χ4n) is 2.98. The Morgan fingerprint density at radius 1 is 1.21 bits per heavy atom. The fraction of sp³-hybridized carbons (Fsp3) is 0.421. The molecule has 0 bridgehead atoms. The van der Waals surface area contributed by atoms with Crippen molar-refractivity contribution in [3.8, 4) is 0 Å². The molecule has 2 heterocycles. The molecular formula is C19H24FN5O2S. The minimum absolute atomic E-state index is 0.0796. The molecule has 1 saturated heterocycles. The van der Waals surface area contributed by atoms with Crippen LogP contribution in [0.15, 0.2) is 29.6 Å². The molecule has 1 unspecified atom stereocenters. The van der Waals surface area contributed by atoms with Crippen LogP contribution in [-0.2, 0) is 4.79 Å². The molecule has 1 aliphatic heterocycles. The molecule has 0 radical (unpaired) electrons. The number of aromatic nitrogens is 1. The largest absolute Gasteiger partial charge is 0.339 e. The van der Waals surface area contributed by atoms with Crippen molar-refractivity contribution in [2.75, 3.05) is 38.0 Å². The van der Waals surface area contributed by atoms with Gasteiger partial charge in [-0.1, -0.05) is 6.92 Å². The summed E-state index contributed by atoms with van der Waals surface area (Å²) < 4.78 is 13.0. The topological polar surface area (TPSA) is 77.6 Å². The molecule has 2 amide bonds. The van der Waals surface area contributed by atoms with Gasteiger partial charge >= 0.3 is 0 Å². The van der Waals surface area contributed by atoms with Gasteiger partial charge in [-0.3, -0.25) is 9.59 Å². The van der Waals surface area contributed by atoms with Crippen molar-refractivity contribution < 1.29 is 14.0 Å². The van der Waals surface area contributed by atoms with Crippen molar-refractivity contribution in [2.24, 2.45) is 0 Å². The number of rotatable bonds is 6. The molecule has 2 N–H and O–H groups in total. The van der Waals surface area contributed by atoms with E-state index in [1.807, 2.05) is 0 Å². The van der Waals surface area contributed by atoms with E-state index in [2.05, 4.69) is 27.4 Å². The van der Waals surface area contributed by atoms with Gasteiger partial charge < -0.3 is 20.4 Å². The first-order chi connectivity index (χ1) is 13.5. The van der Waals surface area contributed by atoms with Gasteiger partial charge in [-0.05, 0) is 37.7 Å². The van der Waals surface area contributed by atoms with Crippen LogP contribution in [0, 0.1) is 5.82 Å². The van der Waals surface area contributed by atoms with Crippen LogP contribution in [0.4, 0.5) is 15.2 Å².